The van der Waals surface area contributed by atoms with Gasteiger partial charge >= 0.3 is 5.97 Å². The summed E-state index contributed by atoms with van der Waals surface area (Å²) in [6.07, 6.45) is 0. The van der Waals surface area contributed by atoms with E-state index < -0.39 is 17.7 Å². The lowest BCUT2D eigenvalue weighted by atomic mass is 10.2. The third-order valence-electron chi connectivity index (χ3n) is 1.33. The van der Waals surface area contributed by atoms with Gasteiger partial charge in [0.25, 0.3) is 5.84 Å². The van der Waals surface area contributed by atoms with Crippen molar-refractivity contribution in [2.75, 3.05) is 6.61 Å². The molecule has 0 aromatic heterocycles. The molecule has 2 N–H and O–H groups in total. The quantitative estimate of drug-likeness (QED) is 0.219. The van der Waals surface area contributed by atoms with Gasteiger partial charge in [-0.3, -0.25) is 4.79 Å². The molecule has 1 amide bonds. The summed E-state index contributed by atoms with van der Waals surface area (Å²) in [6, 6.07) is 0. The van der Waals surface area contributed by atoms with Crippen molar-refractivity contribution in [2.45, 2.75) is 20.8 Å². The fourth-order valence-corrected chi connectivity index (χ4v) is 0.577. The molecule has 0 spiro atoms. The van der Waals surface area contributed by atoms with E-state index in [9.17, 15) is 9.59 Å². The Morgan fingerprint density at radius 3 is 2.43 bits per heavy atom. The number of ether oxygens (including phenoxy) is 1. The summed E-state index contributed by atoms with van der Waals surface area (Å²) < 4.78 is 4.53. The number of rotatable bonds is 2. The van der Waals surface area contributed by atoms with Gasteiger partial charge in [0.2, 0.25) is 5.91 Å². The molecule has 0 radical (unpaired) electrons. The average Bonchev–Trinajstić information content (AvgIpc) is 2.13. The van der Waals surface area contributed by atoms with E-state index in [4.69, 9.17) is 5.21 Å². The molecule has 0 fully saturated rings. The van der Waals surface area contributed by atoms with E-state index in [0.29, 0.717) is 0 Å². The van der Waals surface area contributed by atoms with Crippen LogP contribution in [0.25, 0.3) is 0 Å². The second-order valence-electron chi connectivity index (χ2n) is 2.81. The predicted molar refractivity (Wildman–Crippen MR) is 48.8 cm³/mol. The van der Waals surface area contributed by atoms with Crippen LogP contribution in [0.1, 0.15) is 20.8 Å². The molecule has 0 aliphatic carbocycles. The minimum Gasteiger partial charge on any atom is -0.460 e. The van der Waals surface area contributed by atoms with E-state index in [1.807, 2.05) is 0 Å². The Labute approximate surface area is 81.9 Å². The van der Waals surface area contributed by atoms with Crippen molar-refractivity contribution < 1.29 is 19.5 Å². The smallest absolute Gasteiger partial charge is 0.377 e. The van der Waals surface area contributed by atoms with E-state index in [1.54, 1.807) is 20.8 Å². The van der Waals surface area contributed by atoms with Crippen molar-refractivity contribution in [1.29, 1.82) is 0 Å². The van der Waals surface area contributed by atoms with Crippen molar-refractivity contribution in [2.24, 2.45) is 11.1 Å². The Bertz CT molecular complexity index is 248. The third-order valence-corrected chi connectivity index (χ3v) is 1.33. The number of hydrogen-bond acceptors (Lipinski definition) is 5. The third kappa shape index (κ3) is 3.88. The summed E-state index contributed by atoms with van der Waals surface area (Å²) in [7, 11) is 0. The second-order valence-corrected chi connectivity index (χ2v) is 2.81. The van der Waals surface area contributed by atoms with Gasteiger partial charge in [-0.15, -0.1) is 0 Å². The topological polar surface area (TPSA) is 88.0 Å². The SMILES string of the molecule is CCOC(=O)/C(=N/O)NC(=O)C(C)C. The molecule has 14 heavy (non-hydrogen) atoms. The lowest BCUT2D eigenvalue weighted by Gasteiger charge is -2.07. The summed E-state index contributed by atoms with van der Waals surface area (Å²) in [5.41, 5.74) is 0. The van der Waals surface area contributed by atoms with Crippen molar-refractivity contribution in [3.63, 3.8) is 0 Å². The Kier molecular flexibility index (Phi) is 5.28. The minimum absolute atomic E-state index is 0.148. The highest BCUT2D eigenvalue weighted by atomic mass is 16.5. The molecule has 0 bridgehead atoms. The first-order valence-electron chi connectivity index (χ1n) is 4.23. The monoisotopic (exact) mass is 202 g/mol. The van der Waals surface area contributed by atoms with E-state index in [-0.39, 0.29) is 12.5 Å². The van der Waals surface area contributed by atoms with E-state index >= 15 is 0 Å². The van der Waals surface area contributed by atoms with Crippen LogP contribution < -0.4 is 5.32 Å². The van der Waals surface area contributed by atoms with Crippen LogP contribution in [0.4, 0.5) is 0 Å². The van der Waals surface area contributed by atoms with Crippen molar-refractivity contribution in [1.82, 2.24) is 5.32 Å². The molecule has 0 aliphatic heterocycles. The molecule has 6 heteroatoms. The number of carbonyl (C=O) groups is 2. The molecule has 0 aromatic rings. The van der Waals surface area contributed by atoms with E-state index in [1.165, 1.54) is 0 Å². The van der Waals surface area contributed by atoms with Gasteiger partial charge in [-0.25, -0.2) is 4.79 Å². The molecular weight excluding hydrogens is 188 g/mol. The zero-order valence-corrected chi connectivity index (χ0v) is 8.40. The van der Waals surface area contributed by atoms with Gasteiger partial charge in [0.1, 0.15) is 0 Å². The zero-order valence-electron chi connectivity index (χ0n) is 8.40. The van der Waals surface area contributed by atoms with Crippen molar-refractivity contribution in [3.05, 3.63) is 0 Å². The lowest BCUT2D eigenvalue weighted by molar-refractivity contribution is -0.136. The van der Waals surface area contributed by atoms with Crippen LogP contribution in [0.15, 0.2) is 5.16 Å². The van der Waals surface area contributed by atoms with Gasteiger partial charge in [0, 0.05) is 5.92 Å². The van der Waals surface area contributed by atoms with Gasteiger partial charge in [-0.05, 0) is 6.92 Å². The van der Waals surface area contributed by atoms with Gasteiger partial charge in [0.15, 0.2) is 0 Å². The maximum Gasteiger partial charge on any atom is 0.377 e. The summed E-state index contributed by atoms with van der Waals surface area (Å²) >= 11 is 0. The van der Waals surface area contributed by atoms with Crippen LogP contribution in [-0.2, 0) is 14.3 Å². The van der Waals surface area contributed by atoms with Crippen LogP contribution in [-0.4, -0.2) is 29.5 Å². The molecule has 0 heterocycles. The van der Waals surface area contributed by atoms with Crippen molar-refractivity contribution >= 4 is 17.7 Å². The first-order chi connectivity index (χ1) is 6.52. The summed E-state index contributed by atoms with van der Waals surface area (Å²) in [4.78, 5) is 22.1. The summed E-state index contributed by atoms with van der Waals surface area (Å²) in [5.74, 6) is -2.07. The van der Waals surface area contributed by atoms with Crippen LogP contribution in [0.3, 0.4) is 0 Å². The highest BCUT2D eigenvalue weighted by Crippen LogP contribution is 1.91. The highest BCUT2D eigenvalue weighted by molar-refractivity contribution is 6.38. The van der Waals surface area contributed by atoms with Crippen molar-refractivity contribution in [3.8, 4) is 0 Å². The number of hydrogen-bond donors (Lipinski definition) is 2. The molecule has 80 valence electrons. The second kappa shape index (κ2) is 5.95. The Morgan fingerprint density at radius 1 is 1.50 bits per heavy atom. The largest absolute Gasteiger partial charge is 0.460 e. The number of amides is 1. The fraction of sp³-hybridized carbons (Fsp3) is 0.625. The molecule has 0 aliphatic rings. The van der Waals surface area contributed by atoms with E-state index in [2.05, 4.69) is 15.2 Å². The number of carbonyl (C=O) groups excluding carboxylic acids is 2. The first kappa shape index (κ1) is 12.4. The molecule has 0 unspecified atom stereocenters. The fourth-order valence-electron chi connectivity index (χ4n) is 0.577. The number of nitrogens with one attached hydrogen (secondary N) is 1. The van der Waals surface area contributed by atoms with Gasteiger partial charge in [-0.1, -0.05) is 19.0 Å². The normalized spacial score (nSPS) is 11.3. The molecule has 0 atom stereocenters. The van der Waals surface area contributed by atoms with Crippen LogP contribution >= 0.6 is 0 Å². The van der Waals surface area contributed by atoms with Crippen LogP contribution in [0, 0.1) is 5.92 Å². The standard InChI is InChI=1S/C8H14N2O4/c1-4-14-8(12)6(10-13)9-7(11)5(2)3/h5,13H,4H2,1-3H3,(H,9,10,11). The summed E-state index contributed by atoms with van der Waals surface area (Å²) in [6.45, 7) is 5.05. The van der Waals surface area contributed by atoms with E-state index in [0.717, 1.165) is 0 Å². The molecule has 0 aromatic carbocycles. The highest BCUT2D eigenvalue weighted by Gasteiger charge is 2.18. The van der Waals surface area contributed by atoms with Crippen LogP contribution in [0.2, 0.25) is 0 Å². The first-order valence-corrected chi connectivity index (χ1v) is 4.23. The van der Waals surface area contributed by atoms with Gasteiger partial charge in [-0.2, -0.15) is 0 Å². The van der Waals surface area contributed by atoms with Crippen LogP contribution in [0.5, 0.6) is 0 Å². The molecule has 0 saturated heterocycles. The maximum atomic E-state index is 11.1. The maximum absolute atomic E-state index is 11.1. The Hall–Kier alpha value is -1.59. The minimum atomic E-state index is -0.857. The average molecular weight is 202 g/mol. The predicted octanol–water partition coefficient (Wildman–Crippen LogP) is 0.109. The van der Waals surface area contributed by atoms with Gasteiger partial charge < -0.3 is 15.3 Å². The summed E-state index contributed by atoms with van der Waals surface area (Å²) in [5, 5.41) is 13.2. The lowest BCUT2D eigenvalue weighted by Crippen LogP contribution is -2.39. The molecular formula is C8H14N2O4. The number of amidine groups is 1. The molecule has 6 nitrogen and oxygen atoms in total. The number of esters is 1. The Balaban J connectivity index is 4.32. The zero-order chi connectivity index (χ0) is 11.1. The number of oxime groups is 1. The Morgan fingerprint density at radius 2 is 2.07 bits per heavy atom. The molecule has 0 saturated carbocycles. The molecule has 0 rings (SSSR count). The number of nitrogens with zero attached hydrogens (tertiary/aromatic N) is 1. The van der Waals surface area contributed by atoms with Gasteiger partial charge in [0.05, 0.1) is 6.61 Å².